The maximum absolute atomic E-state index is 9.95. The summed E-state index contributed by atoms with van der Waals surface area (Å²) in [4.78, 5) is 3.73. The van der Waals surface area contributed by atoms with Gasteiger partial charge in [0, 0.05) is 22.5 Å². The van der Waals surface area contributed by atoms with Gasteiger partial charge in [0.15, 0.2) is 0 Å². The summed E-state index contributed by atoms with van der Waals surface area (Å²) in [6.45, 7) is 4.10. The number of likely N-dealkylation sites (tertiary alicyclic amines) is 1. The average molecular weight is 450 g/mol. The predicted octanol–water partition coefficient (Wildman–Crippen LogP) is 7.09. The van der Waals surface area contributed by atoms with Crippen LogP contribution in [0.15, 0.2) is 54.6 Å². The largest absolute Gasteiger partial charge is 0.508 e. The minimum absolute atomic E-state index is 0.294. The van der Waals surface area contributed by atoms with Crippen LogP contribution >= 0.6 is 11.3 Å². The van der Waals surface area contributed by atoms with Crippen LogP contribution in [0.4, 0.5) is 0 Å². The first-order chi connectivity index (χ1) is 15.8. The van der Waals surface area contributed by atoms with Crippen molar-refractivity contribution in [3.05, 3.63) is 59.5 Å². The lowest BCUT2D eigenvalue weighted by Crippen LogP contribution is -2.33. The topological polar surface area (TPSA) is 41.9 Å². The molecule has 0 amide bonds. The summed E-state index contributed by atoms with van der Waals surface area (Å²) in [5, 5.41) is 11.0. The quantitative estimate of drug-likeness (QED) is 0.391. The molecule has 0 saturated carbocycles. The normalized spacial score (nSPS) is 19.3. The average Bonchev–Trinajstić information content (AvgIpc) is 3.18. The van der Waals surface area contributed by atoms with E-state index in [4.69, 9.17) is 9.47 Å². The number of allylic oxidation sites excluding steroid dienone is 2. The van der Waals surface area contributed by atoms with Crippen molar-refractivity contribution in [2.45, 2.75) is 44.4 Å². The smallest absolute Gasteiger partial charge is 0.149 e. The van der Waals surface area contributed by atoms with Gasteiger partial charge >= 0.3 is 0 Å². The van der Waals surface area contributed by atoms with Gasteiger partial charge in [-0.25, -0.2) is 0 Å². The van der Waals surface area contributed by atoms with Gasteiger partial charge in [-0.15, -0.1) is 11.3 Å². The highest BCUT2D eigenvalue weighted by Gasteiger charge is 2.22. The predicted molar refractivity (Wildman–Crippen MR) is 132 cm³/mol. The number of thiophene rings is 1. The number of aromatic hydroxyl groups is 1. The minimum Gasteiger partial charge on any atom is -0.508 e. The molecule has 4 nitrogen and oxygen atoms in total. The summed E-state index contributed by atoms with van der Waals surface area (Å²) in [6, 6.07) is 13.5. The maximum atomic E-state index is 9.95. The highest BCUT2D eigenvalue weighted by atomic mass is 32.1. The summed E-state index contributed by atoms with van der Waals surface area (Å²) < 4.78 is 13.5. The maximum Gasteiger partial charge on any atom is 0.149 e. The van der Waals surface area contributed by atoms with E-state index in [-0.39, 0.29) is 0 Å². The Balaban J connectivity index is 1.30. The van der Waals surface area contributed by atoms with Gasteiger partial charge in [0.05, 0.1) is 4.88 Å². The second-order valence-corrected chi connectivity index (χ2v) is 9.85. The lowest BCUT2D eigenvalue weighted by molar-refractivity contribution is 0.183. The Morgan fingerprint density at radius 3 is 2.56 bits per heavy atom. The lowest BCUT2D eigenvalue weighted by Gasteiger charge is -2.26. The lowest BCUT2D eigenvalue weighted by atomic mass is 9.94. The van der Waals surface area contributed by atoms with Crippen LogP contribution in [0.5, 0.6) is 23.0 Å². The van der Waals surface area contributed by atoms with Crippen molar-refractivity contribution < 1.29 is 14.6 Å². The van der Waals surface area contributed by atoms with E-state index < -0.39 is 0 Å². The van der Waals surface area contributed by atoms with Gasteiger partial charge in [0.1, 0.15) is 29.6 Å². The molecular weight excluding hydrogens is 418 g/mol. The number of hydrogen-bond acceptors (Lipinski definition) is 5. The molecule has 1 aromatic heterocycles. The number of benzene rings is 2. The Bertz CT molecular complexity index is 1070. The zero-order valence-corrected chi connectivity index (χ0v) is 19.3. The standard InChI is InChI=1S/C27H31NO3S/c29-21-9-14-24-25(19-21)32-27(20-7-3-1-4-8-20)26(24)31-23-12-10-22(11-13-23)30-18-17-28-15-5-2-6-16-28/h3,7,9-14,19-20,29H,1-2,4-6,8,15-18H2. The number of fused-ring (bicyclic) bond motifs is 1. The van der Waals surface area contributed by atoms with Gasteiger partial charge < -0.3 is 14.6 Å². The monoisotopic (exact) mass is 449 g/mol. The zero-order valence-electron chi connectivity index (χ0n) is 18.5. The van der Waals surface area contributed by atoms with Gasteiger partial charge in [-0.2, -0.15) is 0 Å². The third-order valence-corrected chi connectivity index (χ3v) is 7.68. The van der Waals surface area contributed by atoms with Crippen LogP contribution in [0, 0.1) is 0 Å². The number of phenols is 1. The number of nitrogens with zero attached hydrogens (tertiary/aromatic N) is 1. The van der Waals surface area contributed by atoms with Crippen LogP contribution in [0.1, 0.15) is 49.3 Å². The first-order valence-electron chi connectivity index (χ1n) is 11.8. The van der Waals surface area contributed by atoms with Crippen molar-refractivity contribution in [1.29, 1.82) is 0 Å². The van der Waals surface area contributed by atoms with Crippen molar-refractivity contribution in [3.63, 3.8) is 0 Å². The van der Waals surface area contributed by atoms with Gasteiger partial charge in [0.2, 0.25) is 0 Å². The Morgan fingerprint density at radius 2 is 1.78 bits per heavy atom. The van der Waals surface area contributed by atoms with E-state index in [0.717, 1.165) is 53.3 Å². The molecule has 2 aliphatic rings. The molecule has 5 heteroatoms. The fraction of sp³-hybridized carbons (Fsp3) is 0.407. The van der Waals surface area contributed by atoms with E-state index in [0.29, 0.717) is 11.7 Å². The molecule has 1 atom stereocenters. The Kier molecular flexibility index (Phi) is 6.65. The van der Waals surface area contributed by atoms with E-state index in [9.17, 15) is 5.11 Å². The molecule has 1 aliphatic heterocycles. The molecule has 0 bridgehead atoms. The van der Waals surface area contributed by atoms with Crippen molar-refractivity contribution >= 4 is 21.4 Å². The fourth-order valence-corrected chi connectivity index (χ4v) is 5.94. The minimum atomic E-state index is 0.294. The second kappa shape index (κ2) is 9.97. The molecule has 1 saturated heterocycles. The van der Waals surface area contributed by atoms with E-state index in [1.165, 1.54) is 43.6 Å². The molecule has 2 aromatic carbocycles. The van der Waals surface area contributed by atoms with E-state index >= 15 is 0 Å². The van der Waals surface area contributed by atoms with Crippen LogP contribution in [-0.2, 0) is 0 Å². The molecule has 1 unspecified atom stereocenters. The summed E-state index contributed by atoms with van der Waals surface area (Å²) in [5.74, 6) is 3.27. The molecule has 3 aromatic rings. The van der Waals surface area contributed by atoms with Crippen molar-refractivity contribution in [3.8, 4) is 23.0 Å². The van der Waals surface area contributed by atoms with Gasteiger partial charge in [-0.05, 0) is 87.7 Å². The zero-order chi connectivity index (χ0) is 21.8. The van der Waals surface area contributed by atoms with Gasteiger partial charge in [0.25, 0.3) is 0 Å². The molecule has 168 valence electrons. The molecule has 1 N–H and O–H groups in total. The number of rotatable bonds is 7. The van der Waals surface area contributed by atoms with Crippen LogP contribution in [0.3, 0.4) is 0 Å². The Hall–Kier alpha value is -2.50. The molecule has 2 heterocycles. The van der Waals surface area contributed by atoms with Gasteiger partial charge in [-0.3, -0.25) is 4.90 Å². The third kappa shape index (κ3) is 4.94. The molecule has 1 fully saturated rings. The fourth-order valence-electron chi connectivity index (χ4n) is 4.66. The molecular formula is C27H31NO3S. The third-order valence-electron chi connectivity index (χ3n) is 6.41. The van der Waals surface area contributed by atoms with Crippen LogP contribution < -0.4 is 9.47 Å². The second-order valence-electron chi connectivity index (χ2n) is 8.77. The number of phenolic OH excluding ortho intramolecular Hbond substituents is 1. The van der Waals surface area contributed by atoms with Crippen molar-refractivity contribution in [1.82, 2.24) is 4.90 Å². The highest BCUT2D eigenvalue weighted by Crippen LogP contribution is 2.47. The summed E-state index contributed by atoms with van der Waals surface area (Å²) >= 11 is 1.73. The molecule has 0 spiro atoms. The van der Waals surface area contributed by atoms with Crippen LogP contribution in [0.2, 0.25) is 0 Å². The summed E-state index contributed by atoms with van der Waals surface area (Å²) in [7, 11) is 0. The van der Waals surface area contributed by atoms with Crippen molar-refractivity contribution in [2.24, 2.45) is 0 Å². The Morgan fingerprint density at radius 1 is 0.969 bits per heavy atom. The molecule has 1 aliphatic carbocycles. The Labute approximate surface area is 194 Å². The van der Waals surface area contributed by atoms with Crippen LogP contribution in [-0.4, -0.2) is 36.2 Å². The summed E-state index contributed by atoms with van der Waals surface area (Å²) in [5.41, 5.74) is 0. The molecule has 0 radical (unpaired) electrons. The molecule has 32 heavy (non-hydrogen) atoms. The van der Waals surface area contributed by atoms with Crippen molar-refractivity contribution in [2.75, 3.05) is 26.2 Å². The van der Waals surface area contributed by atoms with E-state index in [1.54, 1.807) is 17.4 Å². The number of piperidine rings is 1. The summed E-state index contributed by atoms with van der Waals surface area (Å²) in [6.07, 6.45) is 12.0. The first-order valence-corrected chi connectivity index (χ1v) is 12.6. The van der Waals surface area contributed by atoms with Crippen LogP contribution in [0.25, 0.3) is 10.1 Å². The van der Waals surface area contributed by atoms with Gasteiger partial charge in [-0.1, -0.05) is 18.6 Å². The SMILES string of the molecule is Oc1ccc2c(Oc3ccc(OCCN4CCCCC4)cc3)c(C3C=CCCC3)sc2c1. The molecule has 5 rings (SSSR count). The highest BCUT2D eigenvalue weighted by molar-refractivity contribution is 7.19. The first kappa shape index (κ1) is 21.4. The van der Waals surface area contributed by atoms with E-state index in [2.05, 4.69) is 17.1 Å². The van der Waals surface area contributed by atoms with E-state index in [1.807, 2.05) is 36.4 Å². The number of ether oxygens (including phenoxy) is 2. The number of hydrogen-bond donors (Lipinski definition) is 1.